The van der Waals surface area contributed by atoms with Crippen LogP contribution in [0.5, 0.6) is 5.75 Å². The molecular weight excluding hydrogens is 555 g/mol. The Hall–Kier alpha value is -2.78. The lowest BCUT2D eigenvalue weighted by atomic mass is 10.1. The van der Waals surface area contributed by atoms with Crippen molar-refractivity contribution in [2.45, 2.75) is 37.8 Å². The molecule has 1 heterocycles. The first-order chi connectivity index (χ1) is 17.6. The summed E-state index contributed by atoms with van der Waals surface area (Å²) in [4.78, 5) is 11.2. The van der Waals surface area contributed by atoms with Crippen LogP contribution in [0, 0.1) is 30.9 Å². The van der Waals surface area contributed by atoms with Crippen molar-refractivity contribution in [3.05, 3.63) is 108 Å². The van der Waals surface area contributed by atoms with Crippen LogP contribution in [0.3, 0.4) is 0 Å². The molecule has 0 aliphatic rings. The number of aromatic nitrogens is 3. The van der Waals surface area contributed by atoms with Crippen molar-refractivity contribution in [2.24, 2.45) is 0 Å². The summed E-state index contributed by atoms with van der Waals surface area (Å²) in [5.41, 5.74) is 4.65. The Bertz CT molecular complexity index is 1420. The normalized spacial score (nSPS) is 11.9. The molecule has 3 aromatic carbocycles. The fourth-order valence-corrected chi connectivity index (χ4v) is 5.59. The molecule has 4 aromatic rings. The second kappa shape index (κ2) is 11.7. The summed E-state index contributed by atoms with van der Waals surface area (Å²) in [5.74, 6) is 0.980. The molecule has 192 valence electrons. The zero-order chi connectivity index (χ0) is 26.7. The molecule has 0 saturated carbocycles. The van der Waals surface area contributed by atoms with Gasteiger partial charge in [-0.15, -0.1) is 10.2 Å². The standard InChI is InChI=1S/C26H23Cl3N4O3S/c1-15-4-9-21(10-16(15)2)33-17(3)30-31-26(33)37-24(13-32(34)35)19-11-22(28)25(23(29)12-19)36-14-18-5-7-20(27)8-6-18/h4-12,24H,13-14H2,1-3H3/t24-/m0/s1. The third-order valence-electron chi connectivity index (χ3n) is 5.80. The van der Waals surface area contributed by atoms with Gasteiger partial charge in [-0.3, -0.25) is 14.7 Å². The van der Waals surface area contributed by atoms with Gasteiger partial charge in [0.1, 0.15) is 17.7 Å². The molecule has 0 aliphatic carbocycles. The van der Waals surface area contributed by atoms with Crippen molar-refractivity contribution >= 4 is 46.6 Å². The molecule has 0 radical (unpaired) electrons. The highest BCUT2D eigenvalue weighted by Gasteiger charge is 2.26. The summed E-state index contributed by atoms with van der Waals surface area (Å²) >= 11 is 20.2. The van der Waals surface area contributed by atoms with E-state index in [-0.39, 0.29) is 28.1 Å². The molecule has 1 aromatic heterocycles. The smallest absolute Gasteiger partial charge is 0.220 e. The van der Waals surface area contributed by atoms with Gasteiger partial charge in [-0.2, -0.15) is 0 Å². The second-order valence-electron chi connectivity index (χ2n) is 8.48. The molecule has 1 atom stereocenters. The number of rotatable bonds is 9. The number of nitrogens with zero attached hydrogens (tertiary/aromatic N) is 4. The van der Waals surface area contributed by atoms with Crippen LogP contribution in [-0.4, -0.2) is 26.2 Å². The number of ether oxygens (including phenoxy) is 1. The maximum Gasteiger partial charge on any atom is 0.220 e. The first-order valence-corrected chi connectivity index (χ1v) is 13.3. The zero-order valence-electron chi connectivity index (χ0n) is 20.2. The summed E-state index contributed by atoms with van der Waals surface area (Å²) in [6, 6.07) is 16.6. The van der Waals surface area contributed by atoms with Crippen LogP contribution in [-0.2, 0) is 6.61 Å². The van der Waals surface area contributed by atoms with Crippen LogP contribution in [0.2, 0.25) is 15.1 Å². The summed E-state index contributed by atoms with van der Waals surface area (Å²) in [6.45, 7) is 5.79. The van der Waals surface area contributed by atoms with Crippen LogP contribution in [0.25, 0.3) is 5.69 Å². The van der Waals surface area contributed by atoms with Gasteiger partial charge >= 0.3 is 0 Å². The van der Waals surface area contributed by atoms with E-state index in [9.17, 15) is 10.1 Å². The van der Waals surface area contributed by atoms with E-state index in [0.717, 1.165) is 22.4 Å². The quantitative estimate of drug-likeness (QED) is 0.114. The first kappa shape index (κ1) is 27.3. The number of halogens is 3. The van der Waals surface area contributed by atoms with Crippen LogP contribution in [0.15, 0.2) is 59.8 Å². The SMILES string of the molecule is Cc1ccc(-n2c(C)nnc2S[C@@H](C[N+](=O)[O-])c2cc(Cl)c(OCc3ccc(Cl)cc3)c(Cl)c2)cc1C. The Morgan fingerprint density at radius 3 is 2.27 bits per heavy atom. The third kappa shape index (κ3) is 6.57. The van der Waals surface area contributed by atoms with Gasteiger partial charge in [-0.25, -0.2) is 0 Å². The van der Waals surface area contributed by atoms with Crippen LogP contribution in [0.4, 0.5) is 0 Å². The molecule has 4 rings (SSSR count). The molecule has 0 bridgehead atoms. The maximum atomic E-state index is 11.6. The van der Waals surface area contributed by atoms with E-state index in [4.69, 9.17) is 39.5 Å². The van der Waals surface area contributed by atoms with Crippen molar-refractivity contribution in [1.82, 2.24) is 14.8 Å². The Morgan fingerprint density at radius 2 is 1.65 bits per heavy atom. The van der Waals surface area contributed by atoms with E-state index >= 15 is 0 Å². The Kier molecular flexibility index (Phi) is 8.64. The van der Waals surface area contributed by atoms with Crippen LogP contribution < -0.4 is 4.74 Å². The number of nitro groups is 1. The molecule has 0 aliphatic heterocycles. The summed E-state index contributed by atoms with van der Waals surface area (Å²) in [5, 5.41) is 21.2. The number of thioether (sulfide) groups is 1. The van der Waals surface area contributed by atoms with Gasteiger partial charge in [0.15, 0.2) is 10.9 Å². The molecule has 0 fully saturated rings. The van der Waals surface area contributed by atoms with Crippen molar-refractivity contribution in [3.63, 3.8) is 0 Å². The van der Waals surface area contributed by atoms with Gasteiger partial charge < -0.3 is 4.74 Å². The molecule has 7 nitrogen and oxygen atoms in total. The molecule has 0 amide bonds. The highest BCUT2D eigenvalue weighted by molar-refractivity contribution is 7.99. The molecule has 0 unspecified atom stereocenters. The lowest BCUT2D eigenvalue weighted by molar-refractivity contribution is -0.479. The van der Waals surface area contributed by atoms with E-state index in [1.54, 1.807) is 24.3 Å². The van der Waals surface area contributed by atoms with Crippen LogP contribution >= 0.6 is 46.6 Å². The predicted octanol–water partition coefficient (Wildman–Crippen LogP) is 7.84. The van der Waals surface area contributed by atoms with Crippen LogP contribution in [0.1, 0.15) is 33.3 Å². The number of benzene rings is 3. The lowest BCUT2D eigenvalue weighted by Crippen LogP contribution is -2.11. The number of hydrogen-bond donors (Lipinski definition) is 0. The average Bonchev–Trinajstić information content (AvgIpc) is 3.20. The highest BCUT2D eigenvalue weighted by Crippen LogP contribution is 2.42. The van der Waals surface area contributed by atoms with Crippen molar-refractivity contribution < 1.29 is 9.66 Å². The van der Waals surface area contributed by atoms with Gasteiger partial charge in [-0.1, -0.05) is 64.8 Å². The molecule has 0 spiro atoms. The van der Waals surface area contributed by atoms with Gasteiger partial charge in [0.2, 0.25) is 6.54 Å². The van der Waals surface area contributed by atoms with E-state index < -0.39 is 5.25 Å². The minimum Gasteiger partial charge on any atom is -0.486 e. The third-order valence-corrected chi connectivity index (χ3v) is 7.79. The highest BCUT2D eigenvalue weighted by atomic mass is 35.5. The Balaban J connectivity index is 1.62. The van der Waals surface area contributed by atoms with Crippen molar-refractivity contribution in [1.29, 1.82) is 0 Å². The largest absolute Gasteiger partial charge is 0.486 e. The predicted molar refractivity (Wildman–Crippen MR) is 148 cm³/mol. The number of hydrogen-bond acceptors (Lipinski definition) is 6. The van der Waals surface area contributed by atoms with Crippen molar-refractivity contribution in [3.8, 4) is 11.4 Å². The topological polar surface area (TPSA) is 83.1 Å². The Labute approximate surface area is 233 Å². The monoisotopic (exact) mass is 576 g/mol. The first-order valence-electron chi connectivity index (χ1n) is 11.3. The van der Waals surface area contributed by atoms with Gasteiger partial charge in [0, 0.05) is 15.6 Å². The Morgan fingerprint density at radius 1 is 0.973 bits per heavy atom. The van der Waals surface area contributed by atoms with Gasteiger partial charge in [0.25, 0.3) is 0 Å². The van der Waals surface area contributed by atoms with E-state index in [0.29, 0.717) is 27.3 Å². The summed E-state index contributed by atoms with van der Waals surface area (Å²) < 4.78 is 7.74. The van der Waals surface area contributed by atoms with E-state index in [2.05, 4.69) is 10.2 Å². The maximum absolute atomic E-state index is 11.6. The molecule has 0 N–H and O–H groups in total. The molecular formula is C26H23Cl3N4O3S. The zero-order valence-corrected chi connectivity index (χ0v) is 23.3. The van der Waals surface area contributed by atoms with E-state index in [1.165, 1.54) is 11.8 Å². The average molecular weight is 578 g/mol. The summed E-state index contributed by atoms with van der Waals surface area (Å²) in [7, 11) is 0. The lowest BCUT2D eigenvalue weighted by Gasteiger charge is -2.17. The fourth-order valence-electron chi connectivity index (χ4n) is 3.69. The van der Waals surface area contributed by atoms with Gasteiger partial charge in [0.05, 0.1) is 10.0 Å². The molecule has 0 saturated heterocycles. The van der Waals surface area contributed by atoms with Gasteiger partial charge in [-0.05, 0) is 79.4 Å². The molecule has 37 heavy (non-hydrogen) atoms. The fraction of sp³-hybridized carbons (Fsp3) is 0.231. The number of aryl methyl sites for hydroxylation is 3. The summed E-state index contributed by atoms with van der Waals surface area (Å²) in [6.07, 6.45) is 0. The second-order valence-corrected chi connectivity index (χ2v) is 10.9. The minimum absolute atomic E-state index is 0.237. The molecule has 11 heteroatoms. The van der Waals surface area contributed by atoms with E-state index in [1.807, 2.05) is 55.7 Å². The minimum atomic E-state index is -0.621. The van der Waals surface area contributed by atoms with Crippen molar-refractivity contribution in [2.75, 3.05) is 6.54 Å².